The van der Waals surface area contributed by atoms with E-state index in [4.69, 9.17) is 14.8 Å². The fourth-order valence-electron chi connectivity index (χ4n) is 10.3. The molecular formula is C52H78N8O6. The number of nitrogens with zero attached hydrogens (tertiary/aromatic N) is 4. The zero-order valence-electron chi connectivity index (χ0n) is 41.6. The minimum atomic E-state index is -0.331. The quantitative estimate of drug-likeness (QED) is 0.101. The van der Waals surface area contributed by atoms with Gasteiger partial charge in [0.25, 0.3) is 0 Å². The summed E-state index contributed by atoms with van der Waals surface area (Å²) in [5.41, 5.74) is 11.5. The molecule has 5 aliphatic rings. The van der Waals surface area contributed by atoms with Crippen LogP contribution in [-0.4, -0.2) is 124 Å². The summed E-state index contributed by atoms with van der Waals surface area (Å²) in [4.78, 5) is 60.5. The number of aldehydes is 2. The number of methoxy groups -OCH3 is 2. The molecule has 2 saturated heterocycles. The van der Waals surface area contributed by atoms with Crippen molar-refractivity contribution in [3.8, 4) is 33.6 Å². The van der Waals surface area contributed by atoms with Crippen LogP contribution >= 0.6 is 0 Å². The lowest BCUT2D eigenvalue weighted by atomic mass is 9.41. The molecule has 7 atom stereocenters. The first-order valence-corrected chi connectivity index (χ1v) is 23.5. The zero-order chi connectivity index (χ0) is 48.6. The lowest BCUT2D eigenvalue weighted by Gasteiger charge is -2.62. The molecule has 4 aromatic rings. The molecule has 362 valence electrons. The van der Waals surface area contributed by atoms with Gasteiger partial charge in [0.1, 0.15) is 24.2 Å². The topological polar surface area (TPSA) is 175 Å². The van der Waals surface area contributed by atoms with E-state index in [0.717, 1.165) is 48.9 Å². The number of amides is 2. The molecule has 2 amide bonds. The summed E-state index contributed by atoms with van der Waals surface area (Å²) in [7, 11) is 12.5. The number of imidazole rings is 2. The molecule has 4 fully saturated rings. The van der Waals surface area contributed by atoms with E-state index in [1.165, 1.54) is 66.5 Å². The fourth-order valence-corrected chi connectivity index (χ4v) is 10.3. The average molecular weight is 911 g/mol. The predicted octanol–water partition coefficient (Wildman–Crippen LogP) is 8.35. The van der Waals surface area contributed by atoms with Crippen molar-refractivity contribution in [3.05, 3.63) is 71.6 Å². The van der Waals surface area contributed by atoms with Crippen molar-refractivity contribution in [3.63, 3.8) is 0 Å². The molecule has 2 aromatic carbocycles. The third-order valence-electron chi connectivity index (χ3n) is 13.5. The van der Waals surface area contributed by atoms with Crippen LogP contribution in [0.5, 0.6) is 0 Å². The molecule has 4 heterocycles. The van der Waals surface area contributed by atoms with Crippen LogP contribution in [0.25, 0.3) is 33.6 Å². The molecule has 66 heavy (non-hydrogen) atoms. The molecular weight excluding hydrogens is 833 g/mol. The van der Waals surface area contributed by atoms with Crippen molar-refractivity contribution in [1.29, 1.82) is 0 Å². The Morgan fingerprint density at radius 1 is 0.742 bits per heavy atom. The van der Waals surface area contributed by atoms with Crippen LogP contribution in [0.4, 0.5) is 0 Å². The number of rotatable bonds is 12. The van der Waals surface area contributed by atoms with E-state index in [0.29, 0.717) is 54.5 Å². The number of carbonyl (C=O) groups excluding carboxylic acids is 4. The SMILES string of the molecule is CC(C)C(C=O)NC=O.CC(C)CC=O.CN1CCCC1c1ncc(-c2ccc(-c3ccc(-c4cnc([C@@H]5CCCN5C)[nH]4)cc3)c3c2C2CC4(C)CC3C24)[nH]1.CNC=O.COC.COC. The molecule has 2 saturated carbocycles. The number of hydrogen-bond acceptors (Lipinski definition) is 10. The van der Waals surface area contributed by atoms with Gasteiger partial charge in [-0.25, -0.2) is 9.97 Å². The molecule has 0 bridgehead atoms. The molecule has 14 heteroatoms. The van der Waals surface area contributed by atoms with E-state index in [1.54, 1.807) is 46.6 Å². The van der Waals surface area contributed by atoms with Crippen LogP contribution in [0.1, 0.15) is 126 Å². The third kappa shape index (κ3) is 12.7. The van der Waals surface area contributed by atoms with Crippen LogP contribution < -0.4 is 10.6 Å². The summed E-state index contributed by atoms with van der Waals surface area (Å²) in [6.07, 6.45) is 15.2. The molecule has 9 rings (SSSR count). The van der Waals surface area contributed by atoms with Gasteiger partial charge in [0, 0.05) is 47.5 Å². The highest BCUT2D eigenvalue weighted by Gasteiger charge is 2.67. The second-order valence-corrected chi connectivity index (χ2v) is 19.2. The van der Waals surface area contributed by atoms with Gasteiger partial charge in [-0.15, -0.1) is 0 Å². The van der Waals surface area contributed by atoms with E-state index < -0.39 is 0 Å². The number of fused-ring (bicyclic) bond motifs is 3. The van der Waals surface area contributed by atoms with Crippen LogP contribution in [0, 0.1) is 23.2 Å². The van der Waals surface area contributed by atoms with Gasteiger partial charge in [0.2, 0.25) is 12.8 Å². The van der Waals surface area contributed by atoms with Gasteiger partial charge < -0.3 is 39.7 Å². The Bertz CT molecular complexity index is 2110. The van der Waals surface area contributed by atoms with Gasteiger partial charge in [0.05, 0.1) is 41.9 Å². The van der Waals surface area contributed by atoms with E-state index in [9.17, 15) is 14.4 Å². The van der Waals surface area contributed by atoms with Gasteiger partial charge in [-0.1, -0.05) is 71.0 Å². The summed E-state index contributed by atoms with van der Waals surface area (Å²) < 4.78 is 8.50. The first-order chi connectivity index (χ1) is 31.7. The second-order valence-electron chi connectivity index (χ2n) is 19.2. The Labute approximate surface area is 393 Å². The summed E-state index contributed by atoms with van der Waals surface area (Å²) >= 11 is 0. The molecule has 2 aromatic heterocycles. The standard InChI is InChI=1S/C35H40N6.C6H11NO2.C5H10O.C2H5NO.2C2H6O/c1-35-16-24-30-22(20-8-10-21(11-9-20)26-18-36-33(38-26)28-6-4-14-40(28)2)12-13-23(31(30)25(17-35)32(24)35)27-19-37-34(39-27)29-7-5-15-41(29)3;1-5(2)6(3-8)7-4-9;1-5(2)3-4-6;1-3-2-4;2*1-3-2/h8-13,18-19,24-25,28-29,32H,4-7,14-17H2,1-3H3,(H,36,38)(H,37,39);3-6H,1-2H3,(H,7,9);4-5H,3H2,1-2H3;2H,1H3,(H,3,4);2*1-2H3/t24?,25?,28-,29?,32?,35?;;;;;/m0...../s1. The van der Waals surface area contributed by atoms with Crippen LogP contribution in [0.3, 0.4) is 0 Å². The molecule has 6 unspecified atom stereocenters. The molecule has 3 aliphatic carbocycles. The Balaban J connectivity index is 0.000000317. The number of ether oxygens (including phenoxy) is 2. The molecule has 14 nitrogen and oxygen atoms in total. The van der Waals surface area contributed by atoms with Gasteiger partial charge in [-0.3, -0.25) is 19.4 Å². The Morgan fingerprint density at radius 3 is 1.59 bits per heavy atom. The number of aromatic amines is 2. The van der Waals surface area contributed by atoms with Crippen LogP contribution in [0.15, 0.2) is 48.8 Å². The first kappa shape index (κ1) is 53.6. The highest BCUT2D eigenvalue weighted by molar-refractivity contribution is 5.81. The molecule has 2 aliphatic heterocycles. The van der Waals surface area contributed by atoms with Gasteiger partial charge in [0.15, 0.2) is 0 Å². The Kier molecular flexibility index (Phi) is 20.9. The number of aromatic nitrogens is 4. The van der Waals surface area contributed by atoms with Crippen molar-refractivity contribution in [2.75, 3.05) is 62.7 Å². The van der Waals surface area contributed by atoms with Crippen molar-refractivity contribution in [2.24, 2.45) is 23.2 Å². The van der Waals surface area contributed by atoms with Crippen LogP contribution in [-0.2, 0) is 28.7 Å². The lowest BCUT2D eigenvalue weighted by Crippen LogP contribution is -2.53. The lowest BCUT2D eigenvalue weighted by molar-refractivity contribution is -0.116. The number of carbonyl (C=O) groups is 4. The van der Waals surface area contributed by atoms with E-state index >= 15 is 0 Å². The minimum absolute atomic E-state index is 0.174. The minimum Gasteiger partial charge on any atom is -0.388 e. The normalized spacial score (nSPS) is 23.4. The maximum atomic E-state index is 10.1. The maximum Gasteiger partial charge on any atom is 0.207 e. The van der Waals surface area contributed by atoms with E-state index in [1.807, 2.05) is 33.9 Å². The van der Waals surface area contributed by atoms with Crippen molar-refractivity contribution >= 4 is 25.4 Å². The van der Waals surface area contributed by atoms with Crippen LogP contribution in [0.2, 0.25) is 0 Å². The van der Waals surface area contributed by atoms with Crippen molar-refractivity contribution in [1.82, 2.24) is 40.4 Å². The largest absolute Gasteiger partial charge is 0.388 e. The maximum absolute atomic E-state index is 10.1. The Hall–Kier alpha value is -5.02. The number of benzene rings is 2. The monoisotopic (exact) mass is 911 g/mol. The highest BCUT2D eigenvalue weighted by atomic mass is 16.5. The number of nitrogens with one attached hydrogen (secondary N) is 4. The second kappa shape index (κ2) is 25.8. The van der Waals surface area contributed by atoms with E-state index in [-0.39, 0.29) is 12.0 Å². The predicted molar refractivity (Wildman–Crippen MR) is 263 cm³/mol. The Morgan fingerprint density at radius 2 is 1.21 bits per heavy atom. The summed E-state index contributed by atoms with van der Waals surface area (Å²) in [5, 5.41) is 4.63. The zero-order valence-corrected chi connectivity index (χ0v) is 41.6. The highest BCUT2D eigenvalue weighted by Crippen LogP contribution is 2.79. The fraction of sp³-hybridized carbons (Fsp3) is 0.577. The van der Waals surface area contributed by atoms with Gasteiger partial charge in [-0.05, 0) is 129 Å². The van der Waals surface area contributed by atoms with Crippen molar-refractivity contribution in [2.45, 2.75) is 110 Å². The summed E-state index contributed by atoms with van der Waals surface area (Å²) in [6.45, 7) is 12.6. The average Bonchev–Trinajstić information content (AvgIpc) is 4.15. The third-order valence-corrected chi connectivity index (χ3v) is 13.5. The summed E-state index contributed by atoms with van der Waals surface area (Å²) in [5.74, 6) is 5.15. The number of likely N-dealkylation sites (tertiary alicyclic amines) is 2. The van der Waals surface area contributed by atoms with Crippen molar-refractivity contribution < 1.29 is 28.7 Å². The smallest absolute Gasteiger partial charge is 0.207 e. The molecule has 0 radical (unpaired) electrons. The molecule has 4 N–H and O–H groups in total. The van der Waals surface area contributed by atoms with E-state index in [2.05, 4.69) is 103 Å². The number of H-pyrrole nitrogens is 2. The number of hydrogen-bond donors (Lipinski definition) is 4. The molecule has 0 spiro atoms. The van der Waals surface area contributed by atoms with Gasteiger partial charge in [-0.2, -0.15) is 0 Å². The van der Waals surface area contributed by atoms with Gasteiger partial charge >= 0.3 is 0 Å². The first-order valence-electron chi connectivity index (χ1n) is 23.5. The summed E-state index contributed by atoms with van der Waals surface area (Å²) in [6, 6.07) is 14.5.